The smallest absolute Gasteiger partial charge is 0.204 e. The third-order valence-corrected chi connectivity index (χ3v) is 10.8. The van der Waals surface area contributed by atoms with E-state index >= 15 is 0 Å². The molecule has 0 fully saturated rings. The van der Waals surface area contributed by atoms with Crippen LogP contribution in [0.1, 0.15) is 0 Å². The van der Waals surface area contributed by atoms with E-state index in [9.17, 15) is 0 Å². The number of anilines is 6. The summed E-state index contributed by atoms with van der Waals surface area (Å²) in [6.45, 7) is 0. The number of rotatable bonds is 6. The minimum absolute atomic E-state index is 0.772. The predicted molar refractivity (Wildman–Crippen MR) is 225 cm³/mol. The standard InChI is InChI=1S/C50H32N2O2/c1-3-13-33(14-4-1)51(49-21-11-27-53-49)35-23-25-41-43(29-35)37-17-7-9-19-39(37)45-32-48-42-26-24-36(52(50-22-12-28-54-50)34-15-5-2-6-16-34)30-44(42)38-18-8-10-20-40(38)46(48)31-47(41)45/h1-32H. The largest absolute Gasteiger partial charge is 0.448 e. The topological polar surface area (TPSA) is 32.8 Å². The Kier molecular flexibility index (Phi) is 6.82. The van der Waals surface area contributed by atoms with Crippen molar-refractivity contribution >= 4 is 99.2 Å². The summed E-state index contributed by atoms with van der Waals surface area (Å²) in [5.74, 6) is 1.54. The molecule has 2 heterocycles. The molecule has 0 radical (unpaired) electrons. The summed E-state index contributed by atoms with van der Waals surface area (Å²) in [5, 5.41) is 14.7. The summed E-state index contributed by atoms with van der Waals surface area (Å²) in [6.07, 6.45) is 3.46. The summed E-state index contributed by atoms with van der Waals surface area (Å²) >= 11 is 0. The van der Waals surface area contributed by atoms with Crippen LogP contribution in [0.25, 0.3) is 64.6 Å². The Bertz CT molecular complexity index is 2940. The Morgan fingerprint density at radius 1 is 0.241 bits per heavy atom. The maximum Gasteiger partial charge on any atom is 0.204 e. The van der Waals surface area contributed by atoms with Gasteiger partial charge in [0.05, 0.1) is 12.5 Å². The molecule has 0 aliphatic carbocycles. The fourth-order valence-electron chi connectivity index (χ4n) is 8.41. The molecular formula is C50H32N2O2. The van der Waals surface area contributed by atoms with Gasteiger partial charge in [-0.05, 0) is 137 Å². The lowest BCUT2D eigenvalue weighted by Crippen LogP contribution is -2.08. The Morgan fingerprint density at radius 2 is 0.574 bits per heavy atom. The maximum atomic E-state index is 5.98. The molecule has 0 unspecified atom stereocenters. The van der Waals surface area contributed by atoms with E-state index in [1.165, 1.54) is 64.6 Å². The molecule has 0 bridgehead atoms. The highest BCUT2D eigenvalue weighted by atomic mass is 16.3. The summed E-state index contributed by atoms with van der Waals surface area (Å²) in [7, 11) is 0. The Labute approximate surface area is 311 Å². The maximum absolute atomic E-state index is 5.98. The van der Waals surface area contributed by atoms with Crippen LogP contribution >= 0.6 is 0 Å². The SMILES string of the molecule is c1ccc(N(c2ccc3c(c2)c2ccccc2c2cc4c5ccc(N(c6ccccc6)c6ccco6)cc5c5ccccc5c4cc32)c2ccco2)cc1. The second kappa shape index (κ2) is 12.1. The molecule has 9 aromatic carbocycles. The van der Waals surface area contributed by atoms with Gasteiger partial charge in [-0.25, -0.2) is 0 Å². The number of hydrogen-bond acceptors (Lipinski definition) is 4. The van der Waals surface area contributed by atoms with E-state index in [2.05, 4.69) is 155 Å². The molecule has 4 nitrogen and oxygen atoms in total. The molecule has 11 aromatic rings. The number of nitrogens with zero attached hydrogens (tertiary/aromatic N) is 2. The fraction of sp³-hybridized carbons (Fsp3) is 0. The highest BCUT2D eigenvalue weighted by molar-refractivity contribution is 6.33. The molecule has 0 N–H and O–H groups in total. The summed E-state index contributed by atoms with van der Waals surface area (Å²) in [5.41, 5.74) is 4.17. The number of hydrogen-bond donors (Lipinski definition) is 0. The highest BCUT2D eigenvalue weighted by Crippen LogP contribution is 2.45. The van der Waals surface area contributed by atoms with Crippen molar-refractivity contribution in [3.05, 3.63) is 195 Å². The zero-order valence-corrected chi connectivity index (χ0v) is 29.2. The van der Waals surface area contributed by atoms with Crippen molar-refractivity contribution in [2.24, 2.45) is 0 Å². The van der Waals surface area contributed by atoms with Crippen molar-refractivity contribution in [1.29, 1.82) is 0 Å². The first-order valence-electron chi connectivity index (χ1n) is 18.2. The van der Waals surface area contributed by atoms with E-state index in [0.29, 0.717) is 0 Å². The summed E-state index contributed by atoms with van der Waals surface area (Å²) in [4.78, 5) is 4.36. The Hall–Kier alpha value is -7.30. The van der Waals surface area contributed by atoms with Crippen LogP contribution in [0.4, 0.5) is 34.5 Å². The van der Waals surface area contributed by atoms with Crippen LogP contribution in [0.3, 0.4) is 0 Å². The highest BCUT2D eigenvalue weighted by Gasteiger charge is 2.20. The summed E-state index contributed by atoms with van der Waals surface area (Å²) in [6, 6.07) is 64.8. The minimum Gasteiger partial charge on any atom is -0.448 e. The van der Waals surface area contributed by atoms with Gasteiger partial charge in [0.25, 0.3) is 0 Å². The molecule has 0 amide bonds. The predicted octanol–water partition coefficient (Wildman–Crippen LogP) is 14.7. The minimum atomic E-state index is 0.772. The van der Waals surface area contributed by atoms with E-state index in [-0.39, 0.29) is 0 Å². The van der Waals surface area contributed by atoms with Crippen LogP contribution in [0.5, 0.6) is 0 Å². The molecule has 0 atom stereocenters. The van der Waals surface area contributed by atoms with Gasteiger partial charge in [0.1, 0.15) is 0 Å². The first-order chi connectivity index (χ1) is 26.8. The van der Waals surface area contributed by atoms with Crippen molar-refractivity contribution in [2.75, 3.05) is 9.80 Å². The van der Waals surface area contributed by atoms with Crippen LogP contribution in [0.2, 0.25) is 0 Å². The number of para-hydroxylation sites is 2. The van der Waals surface area contributed by atoms with E-state index in [0.717, 1.165) is 34.5 Å². The average molecular weight is 693 g/mol. The van der Waals surface area contributed by atoms with Gasteiger partial charge in [0.2, 0.25) is 11.8 Å². The van der Waals surface area contributed by atoms with Gasteiger partial charge in [-0.2, -0.15) is 0 Å². The van der Waals surface area contributed by atoms with Gasteiger partial charge in [0.15, 0.2) is 0 Å². The first kappa shape index (κ1) is 30.3. The lowest BCUT2D eigenvalue weighted by Gasteiger charge is -2.24. The molecule has 11 rings (SSSR count). The number of benzene rings is 9. The normalized spacial score (nSPS) is 11.7. The van der Waals surface area contributed by atoms with E-state index in [1.807, 2.05) is 36.4 Å². The molecule has 0 saturated heterocycles. The van der Waals surface area contributed by atoms with Gasteiger partial charge in [-0.15, -0.1) is 0 Å². The molecule has 0 saturated carbocycles. The van der Waals surface area contributed by atoms with Gasteiger partial charge >= 0.3 is 0 Å². The monoisotopic (exact) mass is 692 g/mol. The molecule has 4 heteroatoms. The van der Waals surface area contributed by atoms with Gasteiger partial charge in [0, 0.05) is 34.9 Å². The van der Waals surface area contributed by atoms with E-state index < -0.39 is 0 Å². The summed E-state index contributed by atoms with van der Waals surface area (Å²) < 4.78 is 12.0. The molecule has 54 heavy (non-hydrogen) atoms. The quantitative estimate of drug-likeness (QED) is 0.128. The third kappa shape index (κ3) is 4.70. The van der Waals surface area contributed by atoms with Crippen LogP contribution in [0, 0.1) is 0 Å². The van der Waals surface area contributed by atoms with Crippen LogP contribution in [-0.4, -0.2) is 0 Å². The van der Waals surface area contributed by atoms with Crippen molar-refractivity contribution in [1.82, 2.24) is 0 Å². The van der Waals surface area contributed by atoms with Crippen molar-refractivity contribution < 1.29 is 8.83 Å². The van der Waals surface area contributed by atoms with Gasteiger partial charge in [-0.3, -0.25) is 9.80 Å². The van der Waals surface area contributed by atoms with Gasteiger partial charge in [-0.1, -0.05) is 97.1 Å². The van der Waals surface area contributed by atoms with Crippen molar-refractivity contribution in [2.45, 2.75) is 0 Å². The fourth-order valence-corrected chi connectivity index (χ4v) is 8.41. The number of fused-ring (bicyclic) bond motifs is 12. The van der Waals surface area contributed by atoms with Crippen LogP contribution in [0.15, 0.2) is 203 Å². The second-order valence-electron chi connectivity index (χ2n) is 13.7. The lowest BCUT2D eigenvalue weighted by atomic mass is 9.88. The first-order valence-corrected chi connectivity index (χ1v) is 18.2. The van der Waals surface area contributed by atoms with E-state index in [1.54, 1.807) is 12.5 Å². The average Bonchev–Trinajstić information content (AvgIpc) is 3.98. The van der Waals surface area contributed by atoms with Crippen molar-refractivity contribution in [3.8, 4) is 0 Å². The third-order valence-electron chi connectivity index (χ3n) is 10.8. The molecule has 254 valence electrons. The second-order valence-corrected chi connectivity index (χ2v) is 13.7. The van der Waals surface area contributed by atoms with Gasteiger partial charge < -0.3 is 8.83 Å². The molecular weight excluding hydrogens is 661 g/mol. The Morgan fingerprint density at radius 3 is 0.926 bits per heavy atom. The number of furan rings is 2. The van der Waals surface area contributed by atoms with Crippen molar-refractivity contribution in [3.63, 3.8) is 0 Å². The molecule has 0 aliphatic heterocycles. The lowest BCUT2D eigenvalue weighted by molar-refractivity contribution is 0.573. The molecule has 2 aromatic heterocycles. The zero-order valence-electron chi connectivity index (χ0n) is 29.2. The molecule has 0 aliphatic rings. The van der Waals surface area contributed by atoms with Crippen LogP contribution < -0.4 is 9.80 Å². The Balaban J connectivity index is 1.18. The zero-order chi connectivity index (χ0) is 35.6. The molecule has 0 spiro atoms. The van der Waals surface area contributed by atoms with E-state index in [4.69, 9.17) is 8.83 Å². The van der Waals surface area contributed by atoms with Crippen LogP contribution in [-0.2, 0) is 0 Å².